The molecule has 1 saturated heterocycles. The van der Waals surface area contributed by atoms with E-state index < -0.39 is 10.0 Å². The molecule has 1 aromatic carbocycles. The molecule has 0 radical (unpaired) electrons. The molecule has 6 nitrogen and oxygen atoms in total. The van der Waals surface area contributed by atoms with Gasteiger partial charge in [0.2, 0.25) is 10.0 Å². The highest BCUT2D eigenvalue weighted by atomic mass is 35.5. The van der Waals surface area contributed by atoms with E-state index in [2.05, 4.69) is 15.2 Å². The lowest BCUT2D eigenvalue weighted by Crippen LogP contribution is -2.48. The molecule has 0 bridgehead atoms. The van der Waals surface area contributed by atoms with Gasteiger partial charge in [0.25, 0.3) is 0 Å². The van der Waals surface area contributed by atoms with Crippen molar-refractivity contribution in [3.63, 3.8) is 0 Å². The van der Waals surface area contributed by atoms with E-state index in [9.17, 15) is 8.42 Å². The van der Waals surface area contributed by atoms with Gasteiger partial charge in [-0.25, -0.2) is 13.4 Å². The van der Waals surface area contributed by atoms with E-state index in [4.69, 9.17) is 0 Å². The molecule has 3 heterocycles. The zero-order chi connectivity index (χ0) is 16.6. The molecule has 0 unspecified atom stereocenters. The van der Waals surface area contributed by atoms with E-state index in [0.29, 0.717) is 31.1 Å². The van der Waals surface area contributed by atoms with E-state index >= 15 is 0 Å². The van der Waals surface area contributed by atoms with Crippen molar-refractivity contribution in [2.24, 2.45) is 0 Å². The highest BCUT2D eigenvalue weighted by molar-refractivity contribution is 7.89. The van der Waals surface area contributed by atoms with E-state index in [1.54, 1.807) is 16.6 Å². The zero-order valence-electron chi connectivity index (χ0n) is 13.8. The summed E-state index contributed by atoms with van der Waals surface area (Å²) in [6.45, 7) is 3.15. The lowest BCUT2D eigenvalue weighted by atomic mass is 10.2. The second-order valence-corrected chi connectivity index (χ2v) is 8.01. The van der Waals surface area contributed by atoms with Crippen LogP contribution in [0.25, 0.3) is 0 Å². The van der Waals surface area contributed by atoms with Crippen LogP contribution in [0.1, 0.15) is 5.56 Å². The maximum absolute atomic E-state index is 12.9. The molecule has 1 fully saturated rings. The molecule has 1 aromatic heterocycles. The largest absolute Gasteiger partial charge is 0.384 e. The molecule has 8 heteroatoms. The highest BCUT2D eigenvalue weighted by Gasteiger charge is 2.29. The Labute approximate surface area is 154 Å². The second-order valence-electron chi connectivity index (χ2n) is 6.07. The van der Waals surface area contributed by atoms with Crippen molar-refractivity contribution in [3.05, 3.63) is 48.2 Å². The molecular formula is C17H21ClN4O2S. The van der Waals surface area contributed by atoms with Crippen LogP contribution in [0.4, 0.5) is 11.5 Å². The summed E-state index contributed by atoms with van der Waals surface area (Å²) in [5.74, 6) is 0.901. The first kappa shape index (κ1) is 18.0. The van der Waals surface area contributed by atoms with E-state index in [-0.39, 0.29) is 12.4 Å². The predicted octanol–water partition coefficient (Wildman–Crippen LogP) is 1.98. The van der Waals surface area contributed by atoms with Crippen LogP contribution in [0, 0.1) is 0 Å². The number of fused-ring (bicyclic) bond motifs is 1. The number of anilines is 2. The Bertz CT molecular complexity index is 837. The normalized spacial score (nSPS) is 17.5. The van der Waals surface area contributed by atoms with Crippen LogP contribution in [0.15, 0.2) is 47.5 Å². The summed E-state index contributed by atoms with van der Waals surface area (Å²) in [4.78, 5) is 6.86. The highest BCUT2D eigenvalue weighted by Crippen LogP contribution is 2.27. The van der Waals surface area contributed by atoms with Gasteiger partial charge in [-0.3, -0.25) is 0 Å². The molecule has 134 valence electrons. The molecule has 0 aliphatic carbocycles. The quantitative estimate of drug-likeness (QED) is 0.882. The maximum atomic E-state index is 12.9. The Morgan fingerprint density at radius 3 is 2.56 bits per heavy atom. The number of rotatable bonds is 3. The van der Waals surface area contributed by atoms with Crippen LogP contribution in [0.2, 0.25) is 0 Å². The summed E-state index contributed by atoms with van der Waals surface area (Å²) in [6, 6.07) is 11.2. The summed E-state index contributed by atoms with van der Waals surface area (Å²) < 4.78 is 27.4. The third-order valence-electron chi connectivity index (χ3n) is 4.64. The van der Waals surface area contributed by atoms with Gasteiger partial charge in [0.15, 0.2) is 0 Å². The predicted molar refractivity (Wildman–Crippen MR) is 101 cm³/mol. The van der Waals surface area contributed by atoms with Gasteiger partial charge in [-0.05, 0) is 42.3 Å². The molecule has 25 heavy (non-hydrogen) atoms. The number of hydrogen-bond donors (Lipinski definition) is 1. The Morgan fingerprint density at radius 2 is 1.84 bits per heavy atom. The van der Waals surface area contributed by atoms with E-state index in [1.807, 2.05) is 30.3 Å². The molecule has 2 aliphatic rings. The van der Waals surface area contributed by atoms with Crippen molar-refractivity contribution >= 4 is 33.9 Å². The van der Waals surface area contributed by atoms with Crippen LogP contribution in [-0.2, 0) is 16.4 Å². The van der Waals surface area contributed by atoms with Gasteiger partial charge in [0.05, 0.1) is 4.90 Å². The van der Waals surface area contributed by atoms with Gasteiger partial charge in [-0.2, -0.15) is 4.31 Å². The van der Waals surface area contributed by atoms with Crippen molar-refractivity contribution in [1.82, 2.24) is 9.29 Å². The third-order valence-corrected chi connectivity index (χ3v) is 6.53. The molecule has 2 aliphatic heterocycles. The Kier molecular flexibility index (Phi) is 5.17. The van der Waals surface area contributed by atoms with Crippen molar-refractivity contribution in [1.29, 1.82) is 0 Å². The van der Waals surface area contributed by atoms with E-state index in [1.165, 1.54) is 0 Å². The van der Waals surface area contributed by atoms with Gasteiger partial charge >= 0.3 is 0 Å². The number of sulfonamides is 1. The Morgan fingerprint density at radius 1 is 1.04 bits per heavy atom. The number of pyridine rings is 1. The Hall–Kier alpha value is -1.83. The minimum absolute atomic E-state index is 0. The zero-order valence-corrected chi connectivity index (χ0v) is 15.4. The molecule has 0 amide bonds. The minimum Gasteiger partial charge on any atom is -0.384 e. The fraction of sp³-hybridized carbons (Fsp3) is 0.353. The first-order chi connectivity index (χ1) is 11.6. The number of nitrogens with one attached hydrogen (secondary N) is 1. The third kappa shape index (κ3) is 3.44. The van der Waals surface area contributed by atoms with Crippen LogP contribution in [0.3, 0.4) is 0 Å². The molecule has 0 spiro atoms. The lowest BCUT2D eigenvalue weighted by Gasteiger charge is -2.34. The monoisotopic (exact) mass is 380 g/mol. The summed E-state index contributed by atoms with van der Waals surface area (Å²) in [5, 5.41) is 3.26. The number of benzene rings is 1. The Balaban J connectivity index is 0.00000182. The number of halogens is 1. The number of aromatic nitrogens is 1. The first-order valence-corrected chi connectivity index (χ1v) is 9.61. The van der Waals surface area contributed by atoms with Gasteiger partial charge in [-0.1, -0.05) is 6.07 Å². The molecule has 0 saturated carbocycles. The van der Waals surface area contributed by atoms with Gasteiger partial charge in [0, 0.05) is 44.6 Å². The average molecular weight is 381 g/mol. The summed E-state index contributed by atoms with van der Waals surface area (Å²) in [5.41, 5.74) is 2.14. The summed E-state index contributed by atoms with van der Waals surface area (Å²) in [7, 11) is -3.43. The number of hydrogen-bond acceptors (Lipinski definition) is 5. The molecule has 4 rings (SSSR count). The smallest absolute Gasteiger partial charge is 0.243 e. The van der Waals surface area contributed by atoms with Crippen molar-refractivity contribution in [2.75, 3.05) is 42.9 Å². The number of nitrogens with zero attached hydrogens (tertiary/aromatic N) is 3. The number of piperazine rings is 1. The van der Waals surface area contributed by atoms with Crippen LogP contribution < -0.4 is 10.2 Å². The molecular weight excluding hydrogens is 360 g/mol. The SMILES string of the molecule is Cl.O=S(=O)(c1ccc2c(c1)CCN2)N1CCN(c2ccccn2)CC1. The fourth-order valence-corrected chi connectivity index (χ4v) is 4.76. The molecule has 2 aromatic rings. The maximum Gasteiger partial charge on any atom is 0.243 e. The first-order valence-electron chi connectivity index (χ1n) is 8.17. The van der Waals surface area contributed by atoms with Crippen LogP contribution in [-0.4, -0.2) is 50.4 Å². The van der Waals surface area contributed by atoms with Crippen molar-refractivity contribution < 1.29 is 8.42 Å². The van der Waals surface area contributed by atoms with Gasteiger partial charge in [-0.15, -0.1) is 12.4 Å². The second kappa shape index (κ2) is 7.19. The van der Waals surface area contributed by atoms with Crippen molar-refractivity contribution in [3.8, 4) is 0 Å². The lowest BCUT2D eigenvalue weighted by molar-refractivity contribution is 0.384. The van der Waals surface area contributed by atoms with E-state index in [0.717, 1.165) is 30.0 Å². The van der Waals surface area contributed by atoms with Gasteiger partial charge < -0.3 is 10.2 Å². The van der Waals surface area contributed by atoms with Crippen LogP contribution in [0.5, 0.6) is 0 Å². The standard InChI is InChI=1S/C17H20N4O2S.ClH/c22-24(23,15-4-5-16-14(13-15)6-8-18-16)21-11-9-20(10-12-21)17-3-1-2-7-19-17;/h1-5,7,13,18H,6,8-12H2;1H. The summed E-state index contributed by atoms with van der Waals surface area (Å²) >= 11 is 0. The fourth-order valence-electron chi connectivity index (χ4n) is 3.29. The topological polar surface area (TPSA) is 65.5 Å². The van der Waals surface area contributed by atoms with Crippen molar-refractivity contribution in [2.45, 2.75) is 11.3 Å². The van der Waals surface area contributed by atoms with Crippen LogP contribution >= 0.6 is 12.4 Å². The van der Waals surface area contributed by atoms with Gasteiger partial charge in [0.1, 0.15) is 5.82 Å². The summed E-state index contributed by atoms with van der Waals surface area (Å²) in [6.07, 6.45) is 2.64. The molecule has 0 atom stereocenters. The molecule has 1 N–H and O–H groups in total. The average Bonchev–Trinajstić information content (AvgIpc) is 3.10. The minimum atomic E-state index is -3.43.